The van der Waals surface area contributed by atoms with E-state index in [2.05, 4.69) is 10.1 Å². The fourth-order valence-electron chi connectivity index (χ4n) is 1.54. The molecule has 0 radical (unpaired) electrons. The van der Waals surface area contributed by atoms with Gasteiger partial charge in [0.2, 0.25) is 0 Å². The lowest BCUT2D eigenvalue weighted by Gasteiger charge is -2.21. The highest BCUT2D eigenvalue weighted by Crippen LogP contribution is 2.24. The zero-order chi connectivity index (χ0) is 16.5. The molecule has 0 aromatic rings. The summed E-state index contributed by atoms with van der Waals surface area (Å²) in [5.41, 5.74) is 0. The van der Waals surface area contributed by atoms with Crippen molar-refractivity contribution >= 4 is 0 Å². The summed E-state index contributed by atoms with van der Waals surface area (Å²) in [7, 11) is 0. The van der Waals surface area contributed by atoms with E-state index in [1.165, 1.54) is 0 Å². The summed E-state index contributed by atoms with van der Waals surface area (Å²) in [5, 5.41) is 2.85. The number of halogens is 7. The Morgan fingerprint density at radius 2 is 1.71 bits per heavy atom. The highest BCUT2D eigenvalue weighted by atomic mass is 19.4. The van der Waals surface area contributed by atoms with Crippen molar-refractivity contribution in [3.05, 3.63) is 0 Å². The van der Waals surface area contributed by atoms with Crippen LogP contribution in [0.5, 0.6) is 0 Å². The molecule has 0 amide bonds. The van der Waals surface area contributed by atoms with Crippen LogP contribution in [-0.4, -0.2) is 44.3 Å². The Morgan fingerprint density at radius 1 is 1.10 bits per heavy atom. The van der Waals surface area contributed by atoms with Crippen molar-refractivity contribution in [2.45, 2.75) is 57.2 Å². The molecule has 0 spiro atoms. The standard InChI is InChI=1S/C12H20F7NO/c1-2-6-20-9(4-3-5-12(17,18)19)7-21-8-11(15,16)10(13)14/h9-10,20H,2-8H2,1H3. The second-order valence-corrected chi connectivity index (χ2v) is 4.74. The fourth-order valence-corrected chi connectivity index (χ4v) is 1.54. The highest BCUT2D eigenvalue weighted by molar-refractivity contribution is 4.71. The van der Waals surface area contributed by atoms with Crippen LogP contribution in [0.4, 0.5) is 30.7 Å². The normalized spacial score (nSPS) is 14.7. The maximum atomic E-state index is 12.6. The van der Waals surface area contributed by atoms with Crippen molar-refractivity contribution in [2.24, 2.45) is 0 Å². The molecular formula is C12H20F7NO. The Kier molecular flexibility index (Phi) is 9.19. The number of nitrogens with one attached hydrogen (secondary N) is 1. The molecule has 0 bridgehead atoms. The minimum absolute atomic E-state index is 0.0692. The second kappa shape index (κ2) is 9.45. The van der Waals surface area contributed by atoms with Gasteiger partial charge in [-0.2, -0.15) is 22.0 Å². The number of rotatable bonds is 11. The van der Waals surface area contributed by atoms with Crippen molar-refractivity contribution in [2.75, 3.05) is 19.8 Å². The third kappa shape index (κ3) is 10.8. The van der Waals surface area contributed by atoms with E-state index in [1.54, 1.807) is 0 Å². The van der Waals surface area contributed by atoms with Gasteiger partial charge >= 0.3 is 18.5 Å². The van der Waals surface area contributed by atoms with E-state index in [9.17, 15) is 30.7 Å². The number of alkyl halides is 7. The van der Waals surface area contributed by atoms with Gasteiger partial charge in [-0.05, 0) is 25.8 Å². The topological polar surface area (TPSA) is 21.3 Å². The van der Waals surface area contributed by atoms with Gasteiger partial charge in [-0.25, -0.2) is 8.78 Å². The second-order valence-electron chi connectivity index (χ2n) is 4.74. The van der Waals surface area contributed by atoms with E-state index in [1.807, 2.05) is 6.92 Å². The van der Waals surface area contributed by atoms with E-state index in [0.29, 0.717) is 13.0 Å². The molecule has 128 valence electrons. The van der Waals surface area contributed by atoms with Crippen molar-refractivity contribution < 1.29 is 35.5 Å². The monoisotopic (exact) mass is 327 g/mol. The average molecular weight is 327 g/mol. The van der Waals surface area contributed by atoms with Crippen LogP contribution in [0, 0.1) is 0 Å². The molecule has 1 N–H and O–H groups in total. The summed E-state index contributed by atoms with van der Waals surface area (Å²) in [6, 6.07) is -0.569. The Morgan fingerprint density at radius 3 is 2.19 bits per heavy atom. The summed E-state index contributed by atoms with van der Waals surface area (Å²) in [6.07, 6.45) is -8.50. The van der Waals surface area contributed by atoms with E-state index in [4.69, 9.17) is 0 Å². The first-order valence-corrected chi connectivity index (χ1v) is 6.62. The fraction of sp³-hybridized carbons (Fsp3) is 1.00. The molecule has 0 rings (SSSR count). The van der Waals surface area contributed by atoms with Crippen LogP contribution >= 0.6 is 0 Å². The maximum Gasteiger partial charge on any atom is 0.389 e. The lowest BCUT2D eigenvalue weighted by atomic mass is 10.1. The largest absolute Gasteiger partial charge is 0.389 e. The highest BCUT2D eigenvalue weighted by Gasteiger charge is 2.41. The molecule has 0 aliphatic rings. The van der Waals surface area contributed by atoms with Gasteiger partial charge in [0, 0.05) is 12.5 Å². The number of ether oxygens (including phenoxy) is 1. The van der Waals surface area contributed by atoms with E-state index in [-0.39, 0.29) is 19.4 Å². The lowest BCUT2D eigenvalue weighted by Crippen LogP contribution is -2.38. The molecule has 0 saturated carbocycles. The Bertz CT molecular complexity index is 271. The summed E-state index contributed by atoms with van der Waals surface area (Å²) in [4.78, 5) is 0. The van der Waals surface area contributed by atoms with E-state index < -0.39 is 37.6 Å². The molecule has 0 heterocycles. The molecule has 2 nitrogen and oxygen atoms in total. The molecule has 1 unspecified atom stereocenters. The van der Waals surface area contributed by atoms with E-state index in [0.717, 1.165) is 0 Å². The van der Waals surface area contributed by atoms with E-state index >= 15 is 0 Å². The van der Waals surface area contributed by atoms with Crippen LogP contribution in [0.3, 0.4) is 0 Å². The van der Waals surface area contributed by atoms with Crippen LogP contribution in [0.1, 0.15) is 32.6 Å². The molecule has 0 aromatic carbocycles. The van der Waals surface area contributed by atoms with Crippen molar-refractivity contribution in [3.63, 3.8) is 0 Å². The lowest BCUT2D eigenvalue weighted by molar-refractivity contribution is -0.167. The maximum absolute atomic E-state index is 12.6. The molecule has 0 saturated heterocycles. The number of hydrogen-bond donors (Lipinski definition) is 1. The molecular weight excluding hydrogens is 307 g/mol. The van der Waals surface area contributed by atoms with Crippen molar-refractivity contribution in [1.29, 1.82) is 0 Å². The third-order valence-electron chi connectivity index (χ3n) is 2.63. The van der Waals surface area contributed by atoms with Crippen LogP contribution < -0.4 is 5.32 Å². The summed E-state index contributed by atoms with van der Waals surface area (Å²) < 4.78 is 89.6. The number of hydrogen-bond acceptors (Lipinski definition) is 2. The first-order valence-electron chi connectivity index (χ1n) is 6.62. The summed E-state index contributed by atoms with van der Waals surface area (Å²) in [5.74, 6) is -4.25. The van der Waals surface area contributed by atoms with Gasteiger partial charge in [0.25, 0.3) is 0 Å². The third-order valence-corrected chi connectivity index (χ3v) is 2.63. The molecule has 1 atom stereocenters. The van der Waals surface area contributed by atoms with Crippen molar-refractivity contribution in [1.82, 2.24) is 5.32 Å². The first-order chi connectivity index (χ1) is 9.58. The minimum atomic E-state index is -4.28. The van der Waals surface area contributed by atoms with Gasteiger partial charge in [-0.3, -0.25) is 0 Å². The molecule has 0 aliphatic carbocycles. The van der Waals surface area contributed by atoms with Crippen molar-refractivity contribution in [3.8, 4) is 0 Å². The molecule has 0 aliphatic heterocycles. The van der Waals surface area contributed by atoms with Gasteiger partial charge in [0.05, 0.1) is 6.61 Å². The predicted molar refractivity (Wildman–Crippen MR) is 63.8 cm³/mol. The summed E-state index contributed by atoms with van der Waals surface area (Å²) in [6.45, 7) is 0.519. The van der Waals surface area contributed by atoms with Gasteiger partial charge in [-0.1, -0.05) is 6.92 Å². The Hall–Kier alpha value is -0.570. The summed E-state index contributed by atoms with van der Waals surface area (Å²) >= 11 is 0. The molecule has 21 heavy (non-hydrogen) atoms. The van der Waals surface area contributed by atoms with Crippen LogP contribution in [0.2, 0.25) is 0 Å². The van der Waals surface area contributed by atoms with Gasteiger partial charge in [-0.15, -0.1) is 0 Å². The molecule has 0 aromatic heterocycles. The quantitative estimate of drug-likeness (QED) is 0.579. The minimum Gasteiger partial charge on any atom is -0.373 e. The smallest absolute Gasteiger partial charge is 0.373 e. The first kappa shape index (κ1) is 20.4. The van der Waals surface area contributed by atoms with Crippen LogP contribution in [-0.2, 0) is 4.74 Å². The Balaban J connectivity index is 4.12. The Labute approximate surface area is 119 Å². The predicted octanol–water partition coefficient (Wildman–Crippen LogP) is 4.00. The zero-order valence-electron chi connectivity index (χ0n) is 11.7. The zero-order valence-corrected chi connectivity index (χ0v) is 11.7. The molecule has 0 fully saturated rings. The van der Waals surface area contributed by atoms with Crippen LogP contribution in [0.15, 0.2) is 0 Å². The van der Waals surface area contributed by atoms with Gasteiger partial charge < -0.3 is 10.1 Å². The SMILES string of the molecule is CCCNC(CCCC(F)(F)F)COCC(F)(F)C(F)F. The van der Waals surface area contributed by atoms with Gasteiger partial charge in [0.1, 0.15) is 6.61 Å². The average Bonchev–Trinajstić information content (AvgIpc) is 2.33. The van der Waals surface area contributed by atoms with Gasteiger partial charge in [0.15, 0.2) is 0 Å². The molecule has 9 heteroatoms. The van der Waals surface area contributed by atoms with Crippen LogP contribution in [0.25, 0.3) is 0 Å².